The van der Waals surface area contributed by atoms with E-state index in [0.29, 0.717) is 0 Å². The summed E-state index contributed by atoms with van der Waals surface area (Å²) in [6, 6.07) is 48.0. The molecule has 0 radical (unpaired) electrons. The number of nitriles is 2. The maximum atomic E-state index is 9.52. The topological polar surface area (TPSA) is 50.8 Å². The molecule has 0 saturated heterocycles. The molecule has 0 amide bonds. The van der Waals surface area contributed by atoms with Crippen molar-refractivity contribution in [3.63, 3.8) is 0 Å². The molecule has 5 aromatic carbocycles. The Kier molecular flexibility index (Phi) is 6.10. The highest BCUT2D eigenvalue weighted by molar-refractivity contribution is 7.16. The second kappa shape index (κ2) is 10.2. The molecule has 1 aromatic heterocycles. The molecule has 0 bridgehead atoms. The predicted octanol–water partition coefficient (Wildman–Crippen LogP) is 10.6. The quantitative estimate of drug-likeness (QED) is 0.191. The summed E-state index contributed by atoms with van der Waals surface area (Å²) in [7, 11) is 0. The Balaban J connectivity index is 1.43. The first-order valence-corrected chi connectivity index (χ1v) is 15.8. The van der Waals surface area contributed by atoms with E-state index in [4.69, 9.17) is 0 Å². The van der Waals surface area contributed by atoms with Crippen LogP contribution in [0.5, 0.6) is 0 Å². The SMILES string of the molecule is Cc1ccc(N(c2ccc(C)cc2)c2ccc3c(c2)C2(c4ccccc4-c4ccccc42)c2cc(C=C(C#N)C#N)sc2-3)cc1. The third-order valence-corrected chi connectivity index (χ3v) is 10.2. The number of anilines is 3. The van der Waals surface area contributed by atoms with Gasteiger partial charge in [0.25, 0.3) is 0 Å². The Labute approximate surface area is 267 Å². The molecule has 0 N–H and O–H groups in total. The molecular weight excluding hydrogens is 567 g/mol. The molecule has 2 aliphatic carbocycles. The zero-order chi connectivity index (χ0) is 30.7. The van der Waals surface area contributed by atoms with Crippen LogP contribution in [0.25, 0.3) is 27.6 Å². The van der Waals surface area contributed by atoms with Crippen molar-refractivity contribution in [3.05, 3.63) is 165 Å². The van der Waals surface area contributed by atoms with Gasteiger partial charge in [-0.3, -0.25) is 0 Å². The Morgan fingerprint density at radius 2 is 1.13 bits per heavy atom. The van der Waals surface area contributed by atoms with E-state index in [2.05, 4.69) is 140 Å². The average Bonchev–Trinajstić information content (AvgIpc) is 3.70. The summed E-state index contributed by atoms with van der Waals surface area (Å²) in [5.74, 6) is 0. The molecule has 0 aliphatic heterocycles. The van der Waals surface area contributed by atoms with E-state index in [1.54, 1.807) is 17.4 Å². The van der Waals surface area contributed by atoms with Gasteiger partial charge in [0.05, 0.1) is 5.41 Å². The van der Waals surface area contributed by atoms with Crippen LogP contribution < -0.4 is 4.90 Å². The van der Waals surface area contributed by atoms with Gasteiger partial charge < -0.3 is 4.90 Å². The molecule has 0 fully saturated rings. The van der Waals surface area contributed by atoms with E-state index < -0.39 is 5.41 Å². The summed E-state index contributed by atoms with van der Waals surface area (Å²) in [6.45, 7) is 4.23. The minimum Gasteiger partial charge on any atom is -0.310 e. The van der Waals surface area contributed by atoms with Crippen LogP contribution in [-0.2, 0) is 5.41 Å². The number of hydrogen-bond donors (Lipinski definition) is 0. The fourth-order valence-corrected chi connectivity index (χ4v) is 8.37. The molecule has 0 atom stereocenters. The number of nitrogens with zero attached hydrogens (tertiary/aromatic N) is 3. The zero-order valence-corrected chi connectivity index (χ0v) is 25.7. The molecule has 3 nitrogen and oxygen atoms in total. The Bertz CT molecular complexity index is 2150. The van der Waals surface area contributed by atoms with Crippen molar-refractivity contribution in [1.29, 1.82) is 10.5 Å². The zero-order valence-electron chi connectivity index (χ0n) is 24.9. The number of benzene rings is 5. The molecular formula is C41H27N3S. The maximum absolute atomic E-state index is 9.52. The second-order valence-electron chi connectivity index (χ2n) is 11.8. The Hall–Kier alpha value is -5.68. The van der Waals surface area contributed by atoms with Gasteiger partial charge in [0, 0.05) is 26.8 Å². The fourth-order valence-electron chi connectivity index (χ4n) is 7.17. The molecule has 0 saturated carbocycles. The first-order valence-electron chi connectivity index (χ1n) is 15.0. The number of thiophene rings is 1. The summed E-state index contributed by atoms with van der Waals surface area (Å²) in [5, 5.41) is 19.0. The van der Waals surface area contributed by atoms with Crippen LogP contribution in [0.1, 0.15) is 38.3 Å². The van der Waals surface area contributed by atoms with Crippen LogP contribution in [-0.4, -0.2) is 0 Å². The van der Waals surface area contributed by atoms with Gasteiger partial charge in [-0.25, -0.2) is 0 Å². The van der Waals surface area contributed by atoms with E-state index >= 15 is 0 Å². The van der Waals surface area contributed by atoms with Gasteiger partial charge in [-0.15, -0.1) is 11.3 Å². The van der Waals surface area contributed by atoms with Crippen LogP contribution >= 0.6 is 11.3 Å². The van der Waals surface area contributed by atoms with Crippen molar-refractivity contribution < 1.29 is 0 Å². The minimum atomic E-state index is -0.526. The molecule has 1 heterocycles. The third-order valence-electron chi connectivity index (χ3n) is 9.13. The molecule has 8 rings (SSSR count). The van der Waals surface area contributed by atoms with Crippen molar-refractivity contribution in [2.24, 2.45) is 0 Å². The van der Waals surface area contributed by atoms with E-state index in [9.17, 15) is 10.5 Å². The largest absolute Gasteiger partial charge is 0.310 e. The maximum Gasteiger partial charge on any atom is 0.131 e. The first kappa shape index (κ1) is 26.9. The molecule has 212 valence electrons. The average molecular weight is 594 g/mol. The van der Waals surface area contributed by atoms with Crippen molar-refractivity contribution in [1.82, 2.24) is 0 Å². The smallest absolute Gasteiger partial charge is 0.131 e. The van der Waals surface area contributed by atoms with Crippen LogP contribution in [0.3, 0.4) is 0 Å². The standard InChI is InChI=1S/C41H27N3S/c1-26-11-15-29(16-12-26)44(30-17-13-27(2)14-18-30)31-19-20-35-38(22-31)41(39-23-32(45-40(35)39)21-28(24-42)25-43)36-9-5-3-7-33(36)34-8-4-6-10-37(34)41/h3-23H,1-2H3. The molecule has 0 unspecified atom stereocenters. The molecule has 2 aliphatic rings. The fraction of sp³-hybridized carbons (Fsp3) is 0.0732. The predicted molar refractivity (Wildman–Crippen MR) is 184 cm³/mol. The van der Waals surface area contributed by atoms with Gasteiger partial charge in [0.15, 0.2) is 0 Å². The molecule has 4 heteroatoms. The number of hydrogen-bond acceptors (Lipinski definition) is 4. The van der Waals surface area contributed by atoms with Gasteiger partial charge in [-0.1, -0.05) is 90.0 Å². The lowest BCUT2D eigenvalue weighted by Gasteiger charge is -2.32. The van der Waals surface area contributed by atoms with Crippen LogP contribution in [0.2, 0.25) is 0 Å². The lowest BCUT2D eigenvalue weighted by molar-refractivity contribution is 0.795. The second-order valence-corrected chi connectivity index (χ2v) is 12.8. The Morgan fingerprint density at radius 1 is 0.600 bits per heavy atom. The summed E-state index contributed by atoms with van der Waals surface area (Å²) < 4.78 is 0. The van der Waals surface area contributed by atoms with E-state index in [-0.39, 0.29) is 5.57 Å². The van der Waals surface area contributed by atoms with Crippen molar-refractivity contribution in [2.75, 3.05) is 4.90 Å². The monoisotopic (exact) mass is 593 g/mol. The third kappa shape index (κ3) is 3.94. The Morgan fingerprint density at radius 3 is 1.69 bits per heavy atom. The number of fused-ring (bicyclic) bond motifs is 10. The van der Waals surface area contributed by atoms with Crippen LogP contribution in [0, 0.1) is 36.5 Å². The molecule has 1 spiro atoms. The summed E-state index contributed by atoms with van der Waals surface area (Å²) in [4.78, 5) is 4.43. The highest BCUT2D eigenvalue weighted by Gasteiger charge is 2.52. The van der Waals surface area contributed by atoms with Crippen LogP contribution in [0.15, 0.2) is 127 Å². The van der Waals surface area contributed by atoms with E-state index in [1.807, 2.05) is 12.1 Å². The minimum absolute atomic E-state index is 0.110. The highest BCUT2D eigenvalue weighted by Crippen LogP contribution is 2.65. The van der Waals surface area contributed by atoms with Gasteiger partial charge in [0.2, 0.25) is 0 Å². The molecule has 6 aromatic rings. The van der Waals surface area contributed by atoms with Crippen molar-refractivity contribution in [2.45, 2.75) is 19.3 Å². The van der Waals surface area contributed by atoms with Crippen molar-refractivity contribution >= 4 is 34.5 Å². The van der Waals surface area contributed by atoms with Crippen LogP contribution in [0.4, 0.5) is 17.1 Å². The lowest BCUT2D eigenvalue weighted by Crippen LogP contribution is -2.26. The summed E-state index contributed by atoms with van der Waals surface area (Å²) >= 11 is 1.65. The number of rotatable bonds is 4. The number of allylic oxidation sites excluding steroid dienone is 1. The van der Waals surface area contributed by atoms with E-state index in [1.165, 1.54) is 54.9 Å². The summed E-state index contributed by atoms with van der Waals surface area (Å²) in [6.07, 6.45) is 1.72. The molecule has 45 heavy (non-hydrogen) atoms. The van der Waals surface area contributed by atoms with Gasteiger partial charge in [0.1, 0.15) is 17.7 Å². The first-order chi connectivity index (χ1) is 22.0. The highest BCUT2D eigenvalue weighted by atomic mass is 32.1. The summed E-state index contributed by atoms with van der Waals surface area (Å²) in [5.41, 5.74) is 14.0. The van der Waals surface area contributed by atoms with Gasteiger partial charge >= 0.3 is 0 Å². The van der Waals surface area contributed by atoms with Gasteiger partial charge in [-0.05, 0) is 101 Å². The normalized spacial score (nSPS) is 12.8. The number of aryl methyl sites for hydroxylation is 2. The van der Waals surface area contributed by atoms with E-state index in [0.717, 1.165) is 21.9 Å². The lowest BCUT2D eigenvalue weighted by atomic mass is 9.71. The van der Waals surface area contributed by atoms with Crippen molar-refractivity contribution in [3.8, 4) is 33.7 Å². The van der Waals surface area contributed by atoms with Gasteiger partial charge in [-0.2, -0.15) is 10.5 Å².